The van der Waals surface area contributed by atoms with Gasteiger partial charge in [-0.3, -0.25) is 9.59 Å². The molecule has 5 nitrogen and oxygen atoms in total. The van der Waals surface area contributed by atoms with Crippen molar-refractivity contribution in [3.8, 4) is 0 Å². The highest BCUT2D eigenvalue weighted by molar-refractivity contribution is 5.97. The minimum absolute atomic E-state index is 0.0382. The zero-order valence-electron chi connectivity index (χ0n) is 13.8. The predicted molar refractivity (Wildman–Crippen MR) is 80.7 cm³/mol. The van der Waals surface area contributed by atoms with Crippen molar-refractivity contribution in [1.82, 2.24) is 10.2 Å². The van der Waals surface area contributed by atoms with Crippen molar-refractivity contribution in [3.63, 3.8) is 0 Å². The molecule has 5 heteroatoms. The lowest BCUT2D eigenvalue weighted by molar-refractivity contribution is -0.181. The second kappa shape index (κ2) is 5.95. The van der Waals surface area contributed by atoms with Crippen LogP contribution in [0.5, 0.6) is 0 Å². The fourth-order valence-corrected chi connectivity index (χ4v) is 3.58. The average molecular weight is 296 g/mol. The first-order valence-electron chi connectivity index (χ1n) is 8.08. The van der Waals surface area contributed by atoms with Gasteiger partial charge in [-0.1, -0.05) is 27.2 Å². The molecule has 2 amide bonds. The van der Waals surface area contributed by atoms with Gasteiger partial charge in [0.1, 0.15) is 12.1 Å². The van der Waals surface area contributed by atoms with Crippen LogP contribution in [0, 0.1) is 5.41 Å². The van der Waals surface area contributed by atoms with E-state index in [-0.39, 0.29) is 35.4 Å². The molecule has 0 spiro atoms. The van der Waals surface area contributed by atoms with Crippen LogP contribution in [0.2, 0.25) is 0 Å². The number of amides is 2. The number of carbonyl (C=O) groups excluding carboxylic acids is 2. The summed E-state index contributed by atoms with van der Waals surface area (Å²) in [7, 11) is 0. The van der Waals surface area contributed by atoms with Crippen LogP contribution in [-0.4, -0.2) is 47.6 Å². The van der Waals surface area contributed by atoms with Crippen LogP contribution in [0.4, 0.5) is 0 Å². The number of hydrogen-bond acceptors (Lipinski definition) is 3. The van der Waals surface area contributed by atoms with Crippen molar-refractivity contribution >= 4 is 11.8 Å². The molecule has 21 heavy (non-hydrogen) atoms. The topological polar surface area (TPSA) is 58.6 Å². The summed E-state index contributed by atoms with van der Waals surface area (Å²) in [5.74, 6) is 0.0284. The smallest absolute Gasteiger partial charge is 0.246 e. The molecule has 2 aliphatic rings. The third-order valence-electron chi connectivity index (χ3n) is 5.07. The van der Waals surface area contributed by atoms with Crippen LogP contribution in [-0.2, 0) is 14.3 Å². The Morgan fingerprint density at radius 2 is 2.00 bits per heavy atom. The zero-order valence-corrected chi connectivity index (χ0v) is 13.8. The van der Waals surface area contributed by atoms with E-state index in [9.17, 15) is 9.59 Å². The van der Waals surface area contributed by atoms with E-state index in [0.717, 1.165) is 12.8 Å². The summed E-state index contributed by atoms with van der Waals surface area (Å²) in [5.41, 5.74) is -0.103. The van der Waals surface area contributed by atoms with Gasteiger partial charge in [-0.15, -0.1) is 0 Å². The van der Waals surface area contributed by atoms with E-state index in [4.69, 9.17) is 4.74 Å². The molecule has 1 saturated heterocycles. The molecule has 0 aromatic rings. The van der Waals surface area contributed by atoms with Crippen molar-refractivity contribution in [3.05, 3.63) is 0 Å². The highest BCUT2D eigenvalue weighted by Gasteiger charge is 2.56. The molecule has 4 unspecified atom stereocenters. The fourth-order valence-electron chi connectivity index (χ4n) is 3.58. The first-order valence-corrected chi connectivity index (χ1v) is 8.08. The summed E-state index contributed by atoms with van der Waals surface area (Å²) in [5, 5.41) is 2.85. The number of nitrogens with one attached hydrogen (secondary N) is 1. The van der Waals surface area contributed by atoms with Crippen LogP contribution < -0.4 is 5.32 Å². The molecule has 0 bridgehead atoms. The molecule has 1 saturated carbocycles. The van der Waals surface area contributed by atoms with Gasteiger partial charge in [-0.05, 0) is 26.7 Å². The molecular weight excluding hydrogens is 268 g/mol. The highest BCUT2D eigenvalue weighted by Crippen LogP contribution is 2.47. The Bertz CT molecular complexity index is 422. The Hall–Kier alpha value is -1.10. The summed E-state index contributed by atoms with van der Waals surface area (Å²) in [6.45, 7) is 10.8. The highest BCUT2D eigenvalue weighted by atomic mass is 16.5. The second-order valence-electron chi connectivity index (χ2n) is 6.79. The maximum atomic E-state index is 12.7. The van der Waals surface area contributed by atoms with Gasteiger partial charge in [-0.2, -0.15) is 0 Å². The van der Waals surface area contributed by atoms with Gasteiger partial charge >= 0.3 is 0 Å². The maximum absolute atomic E-state index is 12.7. The Morgan fingerprint density at radius 3 is 2.52 bits per heavy atom. The van der Waals surface area contributed by atoms with Crippen molar-refractivity contribution in [2.75, 3.05) is 6.61 Å². The Labute approximate surface area is 127 Å². The van der Waals surface area contributed by atoms with E-state index in [2.05, 4.69) is 19.2 Å². The monoisotopic (exact) mass is 296 g/mol. The van der Waals surface area contributed by atoms with E-state index < -0.39 is 6.04 Å². The van der Waals surface area contributed by atoms with Gasteiger partial charge in [0.05, 0.1) is 6.10 Å². The third-order valence-corrected chi connectivity index (χ3v) is 5.07. The minimum atomic E-state index is -0.391. The molecular formula is C16H28N2O3. The summed E-state index contributed by atoms with van der Waals surface area (Å²) < 4.78 is 5.75. The van der Waals surface area contributed by atoms with Crippen LogP contribution in [0.25, 0.3) is 0 Å². The van der Waals surface area contributed by atoms with Gasteiger partial charge in [0.25, 0.3) is 0 Å². The second-order valence-corrected chi connectivity index (χ2v) is 6.79. The molecule has 0 radical (unpaired) electrons. The fraction of sp³-hybridized carbons (Fsp3) is 0.875. The summed E-state index contributed by atoms with van der Waals surface area (Å²) in [6, 6.07) is -0.667. The lowest BCUT2D eigenvalue weighted by Crippen LogP contribution is -2.72. The van der Waals surface area contributed by atoms with E-state index in [1.807, 2.05) is 25.7 Å². The van der Waals surface area contributed by atoms with Gasteiger partial charge in [-0.25, -0.2) is 0 Å². The van der Waals surface area contributed by atoms with Crippen molar-refractivity contribution < 1.29 is 14.3 Å². The molecule has 0 aromatic carbocycles. The van der Waals surface area contributed by atoms with Crippen LogP contribution >= 0.6 is 0 Å². The lowest BCUT2D eigenvalue weighted by Gasteiger charge is -2.58. The molecule has 1 aliphatic carbocycles. The number of nitrogens with zero attached hydrogens (tertiary/aromatic N) is 1. The molecule has 0 aromatic heterocycles. The van der Waals surface area contributed by atoms with E-state index >= 15 is 0 Å². The molecule has 1 heterocycles. The summed E-state index contributed by atoms with van der Waals surface area (Å²) >= 11 is 0. The Balaban J connectivity index is 2.17. The predicted octanol–water partition coefficient (Wildman–Crippen LogP) is 1.71. The third kappa shape index (κ3) is 2.68. The van der Waals surface area contributed by atoms with Crippen LogP contribution in [0.1, 0.15) is 53.9 Å². The van der Waals surface area contributed by atoms with Crippen molar-refractivity contribution in [1.29, 1.82) is 0 Å². The van der Waals surface area contributed by atoms with Gasteiger partial charge in [0.2, 0.25) is 11.8 Å². The van der Waals surface area contributed by atoms with Crippen LogP contribution in [0.15, 0.2) is 0 Å². The number of rotatable bonds is 5. The lowest BCUT2D eigenvalue weighted by atomic mass is 9.63. The normalized spacial score (nSPS) is 35.4. The van der Waals surface area contributed by atoms with E-state index in [1.54, 1.807) is 0 Å². The molecule has 1 N–H and O–H groups in total. The van der Waals surface area contributed by atoms with Gasteiger partial charge in [0.15, 0.2) is 0 Å². The van der Waals surface area contributed by atoms with Gasteiger partial charge < -0.3 is 15.0 Å². The quantitative estimate of drug-likeness (QED) is 0.840. The Kier molecular flexibility index (Phi) is 4.61. The van der Waals surface area contributed by atoms with Crippen LogP contribution in [0.3, 0.4) is 0 Å². The number of piperazine rings is 1. The Morgan fingerprint density at radius 1 is 1.33 bits per heavy atom. The van der Waals surface area contributed by atoms with Gasteiger partial charge in [0, 0.05) is 18.1 Å². The summed E-state index contributed by atoms with van der Waals surface area (Å²) in [6.07, 6.45) is 2.58. The molecule has 1 aliphatic heterocycles. The maximum Gasteiger partial charge on any atom is 0.246 e. The minimum Gasteiger partial charge on any atom is -0.378 e. The molecule has 4 atom stereocenters. The SMILES string of the molecule is CCCC1NC(=O)C(C)N(C2CC(OCC)C2(C)C)C1=O. The first kappa shape index (κ1) is 16.3. The molecule has 2 fully saturated rings. The number of hydrogen-bond donors (Lipinski definition) is 1. The number of carbonyl (C=O) groups is 2. The molecule has 2 rings (SSSR count). The number of ether oxygens (including phenoxy) is 1. The first-order chi connectivity index (χ1) is 9.84. The van der Waals surface area contributed by atoms with E-state index in [1.165, 1.54) is 0 Å². The zero-order chi connectivity index (χ0) is 15.8. The standard InChI is InChI=1S/C16H28N2O3/c1-6-8-11-15(20)18(10(3)14(19)17-11)12-9-13(21-7-2)16(12,4)5/h10-13H,6-9H2,1-5H3,(H,17,19). The van der Waals surface area contributed by atoms with E-state index in [0.29, 0.717) is 13.0 Å². The largest absolute Gasteiger partial charge is 0.378 e. The average Bonchev–Trinajstić information content (AvgIpc) is 2.43. The van der Waals surface area contributed by atoms with Crippen molar-refractivity contribution in [2.45, 2.75) is 78.1 Å². The van der Waals surface area contributed by atoms with Crippen molar-refractivity contribution in [2.24, 2.45) is 5.41 Å². The molecule has 120 valence electrons. The summed E-state index contributed by atoms with van der Waals surface area (Å²) in [4.78, 5) is 26.7.